The Hall–Kier alpha value is -4.50. The minimum absolute atomic E-state index is 0.0711. The van der Waals surface area contributed by atoms with Gasteiger partial charge < -0.3 is 20.1 Å². The minimum atomic E-state index is -0.0858. The van der Waals surface area contributed by atoms with Gasteiger partial charge in [-0.05, 0) is 65.4 Å². The quantitative estimate of drug-likeness (QED) is 0.119. The summed E-state index contributed by atoms with van der Waals surface area (Å²) in [5.74, 6) is 1.54. The van der Waals surface area contributed by atoms with Crippen LogP contribution in [0.4, 0.5) is 0 Å². The second kappa shape index (κ2) is 13.0. The Bertz CT molecular complexity index is 1510. The van der Waals surface area contributed by atoms with Crippen LogP contribution in [-0.2, 0) is 25.9 Å². The number of phenols is 2. The molecule has 5 aromatic rings. The molecule has 0 spiro atoms. The van der Waals surface area contributed by atoms with Gasteiger partial charge in [0.2, 0.25) is 5.82 Å². The van der Waals surface area contributed by atoms with Crippen LogP contribution in [0, 0.1) is 0 Å². The number of aromatic nitrogens is 6. The number of unbranched alkanes of at least 4 members (excludes halogenated alkanes) is 1. The maximum Gasteiger partial charge on any atom is 0.205 e. The largest absolute Gasteiger partial charge is 0.504 e. The molecule has 0 radical (unpaired) electrons. The second-order valence-corrected chi connectivity index (χ2v) is 9.94. The lowest BCUT2D eigenvalue weighted by atomic mass is 9.98. The molecule has 9 heteroatoms. The van der Waals surface area contributed by atoms with Gasteiger partial charge in [0.25, 0.3) is 0 Å². The number of benzene rings is 3. The lowest BCUT2D eigenvalue weighted by Gasteiger charge is -2.14. The van der Waals surface area contributed by atoms with Gasteiger partial charge in [0, 0.05) is 31.3 Å². The van der Waals surface area contributed by atoms with E-state index in [2.05, 4.69) is 67.8 Å². The van der Waals surface area contributed by atoms with Crippen LogP contribution in [0.1, 0.15) is 48.8 Å². The van der Waals surface area contributed by atoms with Crippen molar-refractivity contribution >= 4 is 0 Å². The summed E-state index contributed by atoms with van der Waals surface area (Å²) in [5, 5.41) is 37.3. The molecular formula is C31H35N7O2. The first kappa shape index (κ1) is 27.1. The molecule has 40 heavy (non-hydrogen) atoms. The van der Waals surface area contributed by atoms with Crippen molar-refractivity contribution in [2.24, 2.45) is 0 Å². The van der Waals surface area contributed by atoms with Crippen LogP contribution in [0.2, 0.25) is 0 Å². The summed E-state index contributed by atoms with van der Waals surface area (Å²) < 4.78 is 2.34. The van der Waals surface area contributed by atoms with Crippen molar-refractivity contribution in [2.75, 3.05) is 6.54 Å². The lowest BCUT2D eigenvalue weighted by molar-refractivity contribution is 0.403. The molecule has 0 amide bonds. The average Bonchev–Trinajstić information content (AvgIpc) is 3.65. The Morgan fingerprint density at radius 1 is 0.875 bits per heavy atom. The zero-order chi connectivity index (χ0) is 27.7. The molecule has 0 saturated carbocycles. The molecule has 0 unspecified atom stereocenters. The van der Waals surface area contributed by atoms with E-state index in [1.807, 2.05) is 30.5 Å². The van der Waals surface area contributed by atoms with Crippen LogP contribution in [0.25, 0.3) is 22.5 Å². The number of phenolic OH excluding ortho intramolecular Hbond substituents is 2. The number of hydrogen-bond donors (Lipinski definition) is 4. The molecule has 206 valence electrons. The first-order chi connectivity index (χ1) is 19.6. The van der Waals surface area contributed by atoms with Crippen molar-refractivity contribution in [1.29, 1.82) is 0 Å². The van der Waals surface area contributed by atoms with Crippen molar-refractivity contribution in [1.82, 2.24) is 35.5 Å². The van der Waals surface area contributed by atoms with Gasteiger partial charge >= 0.3 is 0 Å². The van der Waals surface area contributed by atoms with E-state index >= 15 is 0 Å². The Morgan fingerprint density at radius 2 is 1.68 bits per heavy atom. The highest BCUT2D eigenvalue weighted by Gasteiger charge is 2.13. The number of tetrazole rings is 1. The molecule has 0 aliphatic carbocycles. The van der Waals surface area contributed by atoms with Crippen LogP contribution in [0.3, 0.4) is 0 Å². The Morgan fingerprint density at radius 3 is 2.42 bits per heavy atom. The van der Waals surface area contributed by atoms with Gasteiger partial charge in [0.05, 0.1) is 5.69 Å². The molecule has 9 nitrogen and oxygen atoms in total. The third-order valence-electron chi connectivity index (χ3n) is 7.06. The van der Waals surface area contributed by atoms with Gasteiger partial charge in [-0.2, -0.15) is 5.21 Å². The van der Waals surface area contributed by atoms with Gasteiger partial charge in [-0.1, -0.05) is 67.9 Å². The Kier molecular flexibility index (Phi) is 8.83. The minimum Gasteiger partial charge on any atom is -0.504 e. The highest BCUT2D eigenvalue weighted by atomic mass is 16.3. The summed E-state index contributed by atoms with van der Waals surface area (Å²) in [6, 6.07) is 21.7. The highest BCUT2D eigenvalue weighted by molar-refractivity contribution is 5.80. The van der Waals surface area contributed by atoms with Crippen LogP contribution in [0.15, 0.2) is 72.9 Å². The number of H-pyrrole nitrogens is 1. The van der Waals surface area contributed by atoms with Crippen molar-refractivity contribution < 1.29 is 10.2 Å². The van der Waals surface area contributed by atoms with E-state index in [1.165, 1.54) is 17.3 Å². The molecule has 0 bridgehead atoms. The van der Waals surface area contributed by atoms with Crippen molar-refractivity contribution in [3.05, 3.63) is 95.6 Å². The topological polar surface area (TPSA) is 125 Å². The average molecular weight is 538 g/mol. The zero-order valence-corrected chi connectivity index (χ0v) is 22.7. The zero-order valence-electron chi connectivity index (χ0n) is 22.7. The number of hydrogen-bond acceptors (Lipinski definition) is 7. The standard InChI is InChI=1S/C31H35N7O2/c1-2-3-10-30-33-20-25(19-32-17-6-7-22-13-16-28(39)29(40)18-22)38(30)21-23-11-14-24(15-12-23)26-8-4-5-9-27(26)31-34-36-37-35-31/h4-5,8-9,11-16,18,20,32,39-40H,2-3,6-7,10,17,19,21H2,1H3,(H,34,35,36,37). The smallest absolute Gasteiger partial charge is 0.205 e. The summed E-state index contributed by atoms with van der Waals surface area (Å²) in [6.45, 7) is 4.53. The number of aryl methyl sites for hydroxylation is 2. The summed E-state index contributed by atoms with van der Waals surface area (Å²) in [7, 11) is 0. The molecule has 2 aromatic heterocycles. The van der Waals surface area contributed by atoms with Crippen LogP contribution < -0.4 is 5.32 Å². The number of aromatic hydroxyl groups is 2. The van der Waals surface area contributed by atoms with Crippen LogP contribution >= 0.6 is 0 Å². The third kappa shape index (κ3) is 6.55. The van der Waals surface area contributed by atoms with Crippen molar-refractivity contribution in [2.45, 2.75) is 52.1 Å². The van der Waals surface area contributed by atoms with Gasteiger partial charge in [0.1, 0.15) is 5.82 Å². The first-order valence-corrected chi connectivity index (χ1v) is 13.8. The van der Waals surface area contributed by atoms with E-state index in [0.29, 0.717) is 5.82 Å². The van der Waals surface area contributed by atoms with Crippen molar-refractivity contribution in [3.8, 4) is 34.0 Å². The fourth-order valence-electron chi connectivity index (χ4n) is 4.86. The lowest BCUT2D eigenvalue weighted by Crippen LogP contribution is -2.19. The first-order valence-electron chi connectivity index (χ1n) is 13.8. The number of nitrogens with zero attached hydrogens (tertiary/aromatic N) is 5. The molecule has 5 rings (SSSR count). The van der Waals surface area contributed by atoms with E-state index < -0.39 is 0 Å². The monoisotopic (exact) mass is 537 g/mol. The van der Waals surface area contributed by atoms with Gasteiger partial charge in [-0.3, -0.25) is 0 Å². The molecule has 3 aromatic carbocycles. The predicted octanol–water partition coefficient (Wildman–Crippen LogP) is 5.25. The SMILES string of the molecule is CCCCc1ncc(CNCCCc2ccc(O)c(O)c2)n1Cc1ccc(-c2ccccc2-c2nn[nH]n2)cc1. The van der Waals surface area contributed by atoms with Gasteiger partial charge in [-0.25, -0.2) is 4.98 Å². The number of aromatic amines is 1. The fraction of sp³-hybridized carbons (Fsp3) is 0.290. The summed E-state index contributed by atoms with van der Waals surface area (Å²) >= 11 is 0. The predicted molar refractivity (Wildman–Crippen MR) is 155 cm³/mol. The molecule has 0 aliphatic rings. The van der Waals surface area contributed by atoms with Crippen LogP contribution in [0.5, 0.6) is 11.5 Å². The molecule has 4 N–H and O–H groups in total. The summed E-state index contributed by atoms with van der Waals surface area (Å²) in [5.41, 5.74) is 6.49. The summed E-state index contributed by atoms with van der Waals surface area (Å²) in [4.78, 5) is 4.77. The Balaban J connectivity index is 1.25. The molecule has 0 saturated heterocycles. The van der Waals surface area contributed by atoms with Gasteiger partial charge in [0.15, 0.2) is 11.5 Å². The molecule has 0 fully saturated rings. The number of rotatable bonds is 13. The molecule has 0 atom stereocenters. The molecule has 2 heterocycles. The van der Waals surface area contributed by atoms with E-state index in [9.17, 15) is 10.2 Å². The maximum absolute atomic E-state index is 9.71. The van der Waals surface area contributed by atoms with E-state index in [0.717, 1.165) is 79.8 Å². The highest BCUT2D eigenvalue weighted by Crippen LogP contribution is 2.30. The normalized spacial score (nSPS) is 11.2. The molecule has 0 aliphatic heterocycles. The third-order valence-corrected chi connectivity index (χ3v) is 7.06. The van der Waals surface area contributed by atoms with E-state index in [1.54, 1.807) is 6.07 Å². The summed E-state index contributed by atoms with van der Waals surface area (Å²) in [6.07, 6.45) is 6.93. The Labute approximate surface area is 233 Å². The van der Waals surface area contributed by atoms with E-state index in [4.69, 9.17) is 4.98 Å². The maximum atomic E-state index is 9.71. The number of imidazole rings is 1. The van der Waals surface area contributed by atoms with Crippen molar-refractivity contribution in [3.63, 3.8) is 0 Å². The van der Waals surface area contributed by atoms with E-state index in [-0.39, 0.29) is 11.5 Å². The fourth-order valence-corrected chi connectivity index (χ4v) is 4.86. The van der Waals surface area contributed by atoms with Crippen LogP contribution in [-0.4, -0.2) is 46.9 Å². The molecular weight excluding hydrogens is 502 g/mol. The second-order valence-electron chi connectivity index (χ2n) is 9.94. The van der Waals surface area contributed by atoms with Gasteiger partial charge in [-0.15, -0.1) is 10.2 Å². The number of nitrogens with one attached hydrogen (secondary N) is 2.